The average molecular weight is 330 g/mol. The highest BCUT2D eigenvalue weighted by molar-refractivity contribution is 7.93. The van der Waals surface area contributed by atoms with Crippen LogP contribution in [0, 0.1) is 5.82 Å². The van der Waals surface area contributed by atoms with Crippen LogP contribution in [-0.2, 0) is 16.6 Å². The van der Waals surface area contributed by atoms with Gasteiger partial charge in [-0.2, -0.15) is 0 Å². The molecule has 2 aromatic rings. The lowest BCUT2D eigenvalue weighted by atomic mass is 10.2. The fourth-order valence-corrected chi connectivity index (χ4v) is 3.87. The molecular formula is C13H15FN2O3S2. The summed E-state index contributed by atoms with van der Waals surface area (Å²) < 4.78 is 40.4. The minimum Gasteiger partial charge on any atom is -0.392 e. The van der Waals surface area contributed by atoms with Crippen molar-refractivity contribution in [3.8, 4) is 0 Å². The monoisotopic (exact) mass is 330 g/mol. The Labute approximate surface area is 126 Å². The molecule has 2 rings (SSSR count). The number of thiazole rings is 1. The Kier molecular flexibility index (Phi) is 4.60. The lowest BCUT2D eigenvalue weighted by molar-refractivity contribution is 0.281. The smallest absolute Gasteiger partial charge is 0.266 e. The quantitative estimate of drug-likeness (QED) is 0.883. The van der Waals surface area contributed by atoms with E-state index in [4.69, 9.17) is 5.11 Å². The summed E-state index contributed by atoms with van der Waals surface area (Å²) in [5, 5.41) is 11.0. The number of anilines is 1. The average Bonchev–Trinajstić information content (AvgIpc) is 2.87. The molecule has 0 saturated heterocycles. The van der Waals surface area contributed by atoms with Gasteiger partial charge in [0.15, 0.2) is 5.13 Å². The molecule has 1 aromatic heterocycles. The number of benzene rings is 1. The second kappa shape index (κ2) is 6.08. The Balaban J connectivity index is 2.33. The summed E-state index contributed by atoms with van der Waals surface area (Å²) in [5.41, 5.74) is 1.08. The number of sulfonamides is 1. The number of aliphatic hydroxyl groups excluding tert-OH is 1. The van der Waals surface area contributed by atoms with Gasteiger partial charge < -0.3 is 5.11 Å². The molecular weight excluding hydrogens is 315 g/mol. The summed E-state index contributed by atoms with van der Waals surface area (Å²) in [6.07, 6.45) is 0. The molecule has 21 heavy (non-hydrogen) atoms. The normalized spacial score (nSPS) is 11.9. The molecule has 0 bridgehead atoms. The van der Waals surface area contributed by atoms with Gasteiger partial charge in [-0.3, -0.25) is 4.72 Å². The van der Waals surface area contributed by atoms with E-state index in [0.29, 0.717) is 5.56 Å². The highest BCUT2D eigenvalue weighted by Gasteiger charge is 2.21. The van der Waals surface area contributed by atoms with Crippen molar-refractivity contribution >= 4 is 26.5 Å². The lowest BCUT2D eigenvalue weighted by Gasteiger charge is -2.07. The number of hydrogen-bond donors (Lipinski definition) is 2. The number of rotatable bonds is 5. The largest absolute Gasteiger partial charge is 0.392 e. The van der Waals surface area contributed by atoms with Crippen molar-refractivity contribution in [2.45, 2.75) is 31.3 Å². The Morgan fingerprint density at radius 2 is 2.14 bits per heavy atom. The molecule has 0 unspecified atom stereocenters. The Morgan fingerprint density at radius 3 is 2.71 bits per heavy atom. The van der Waals surface area contributed by atoms with E-state index in [-0.39, 0.29) is 17.7 Å². The van der Waals surface area contributed by atoms with Gasteiger partial charge in [0.25, 0.3) is 10.0 Å². The summed E-state index contributed by atoms with van der Waals surface area (Å²) in [6.45, 7) is 3.52. The second-order valence-electron chi connectivity index (χ2n) is 4.76. The van der Waals surface area contributed by atoms with Crippen LogP contribution >= 0.6 is 11.3 Å². The lowest BCUT2D eigenvalue weighted by Crippen LogP contribution is -2.15. The van der Waals surface area contributed by atoms with Crippen LogP contribution in [-0.4, -0.2) is 18.5 Å². The molecule has 0 spiro atoms. The Hall–Kier alpha value is -1.51. The van der Waals surface area contributed by atoms with Gasteiger partial charge >= 0.3 is 0 Å². The number of nitrogens with one attached hydrogen (secondary N) is 1. The van der Waals surface area contributed by atoms with Crippen molar-refractivity contribution in [1.29, 1.82) is 0 Å². The third-order valence-electron chi connectivity index (χ3n) is 2.80. The summed E-state index contributed by atoms with van der Waals surface area (Å²) >= 11 is 1.14. The maximum absolute atomic E-state index is 13.7. The van der Waals surface area contributed by atoms with Crippen LogP contribution in [0.3, 0.4) is 0 Å². The zero-order chi connectivity index (χ0) is 15.6. The van der Waals surface area contributed by atoms with E-state index in [1.54, 1.807) is 5.38 Å². The molecule has 8 heteroatoms. The topological polar surface area (TPSA) is 79.3 Å². The van der Waals surface area contributed by atoms with E-state index in [1.165, 1.54) is 6.07 Å². The predicted molar refractivity (Wildman–Crippen MR) is 79.3 cm³/mol. The van der Waals surface area contributed by atoms with Crippen molar-refractivity contribution < 1.29 is 17.9 Å². The molecule has 0 fully saturated rings. The summed E-state index contributed by atoms with van der Waals surface area (Å²) in [7, 11) is -4.08. The number of nitrogens with zero attached hydrogens (tertiary/aromatic N) is 1. The van der Waals surface area contributed by atoms with Crippen molar-refractivity contribution in [1.82, 2.24) is 4.98 Å². The predicted octanol–water partition coefficient (Wildman–Crippen LogP) is 2.70. The fourth-order valence-electron chi connectivity index (χ4n) is 1.62. The molecule has 0 aliphatic rings. The highest BCUT2D eigenvalue weighted by atomic mass is 32.2. The summed E-state index contributed by atoms with van der Waals surface area (Å²) in [4.78, 5) is 3.64. The van der Waals surface area contributed by atoms with E-state index < -0.39 is 20.7 Å². The number of halogens is 1. The van der Waals surface area contributed by atoms with Crippen molar-refractivity contribution in [3.63, 3.8) is 0 Å². The van der Waals surface area contributed by atoms with Gasteiger partial charge in [-0.05, 0) is 23.6 Å². The molecule has 1 aromatic carbocycles. The van der Waals surface area contributed by atoms with Crippen LogP contribution in [0.5, 0.6) is 0 Å². The van der Waals surface area contributed by atoms with E-state index >= 15 is 0 Å². The van der Waals surface area contributed by atoms with Crippen LogP contribution in [0.25, 0.3) is 0 Å². The summed E-state index contributed by atoms with van der Waals surface area (Å²) in [5.74, 6) is -0.700. The number of aliphatic hydroxyl groups is 1. The maximum atomic E-state index is 13.7. The molecule has 5 nitrogen and oxygen atoms in total. The van der Waals surface area contributed by atoms with E-state index in [9.17, 15) is 12.8 Å². The fraction of sp³-hybridized carbons (Fsp3) is 0.308. The van der Waals surface area contributed by atoms with Gasteiger partial charge in [-0.1, -0.05) is 19.9 Å². The number of hydrogen-bond acceptors (Lipinski definition) is 5. The van der Waals surface area contributed by atoms with Gasteiger partial charge in [-0.25, -0.2) is 17.8 Å². The van der Waals surface area contributed by atoms with Crippen molar-refractivity contribution in [3.05, 3.63) is 40.7 Å². The van der Waals surface area contributed by atoms with Crippen LogP contribution in [0.15, 0.2) is 28.5 Å². The van der Waals surface area contributed by atoms with Gasteiger partial charge in [0.05, 0.1) is 12.3 Å². The van der Waals surface area contributed by atoms with Gasteiger partial charge in [0.1, 0.15) is 10.7 Å². The third kappa shape index (κ3) is 3.58. The second-order valence-corrected chi connectivity index (χ2v) is 7.27. The van der Waals surface area contributed by atoms with Crippen molar-refractivity contribution in [2.24, 2.45) is 0 Å². The van der Waals surface area contributed by atoms with Gasteiger partial charge in [0.2, 0.25) is 0 Å². The highest BCUT2D eigenvalue weighted by Crippen LogP contribution is 2.25. The number of aromatic nitrogens is 1. The first kappa shape index (κ1) is 15.9. The summed E-state index contributed by atoms with van der Waals surface area (Å²) in [6, 6.07) is 3.45. The molecule has 0 aliphatic heterocycles. The van der Waals surface area contributed by atoms with Gasteiger partial charge in [-0.15, -0.1) is 11.3 Å². The molecule has 2 N–H and O–H groups in total. The van der Waals surface area contributed by atoms with E-state index in [2.05, 4.69) is 9.71 Å². The van der Waals surface area contributed by atoms with Crippen molar-refractivity contribution in [2.75, 3.05) is 4.72 Å². The van der Waals surface area contributed by atoms with Crippen LogP contribution in [0.4, 0.5) is 9.52 Å². The third-order valence-corrected chi connectivity index (χ3v) is 5.06. The minimum atomic E-state index is -4.08. The first-order valence-corrected chi connectivity index (χ1v) is 8.57. The van der Waals surface area contributed by atoms with E-state index in [1.807, 2.05) is 13.8 Å². The van der Waals surface area contributed by atoms with Gasteiger partial charge in [0, 0.05) is 5.38 Å². The minimum absolute atomic E-state index is 0.175. The molecule has 0 atom stereocenters. The molecule has 0 saturated carbocycles. The van der Waals surface area contributed by atoms with Crippen LogP contribution in [0.2, 0.25) is 0 Å². The Morgan fingerprint density at radius 1 is 1.43 bits per heavy atom. The zero-order valence-electron chi connectivity index (χ0n) is 11.5. The molecule has 0 radical (unpaired) electrons. The van der Waals surface area contributed by atoms with Crippen LogP contribution in [0.1, 0.15) is 31.0 Å². The van der Waals surface area contributed by atoms with Crippen LogP contribution < -0.4 is 4.72 Å². The first-order chi connectivity index (χ1) is 9.83. The zero-order valence-corrected chi connectivity index (χ0v) is 13.1. The van der Waals surface area contributed by atoms with E-state index in [0.717, 1.165) is 29.2 Å². The SMILES string of the molecule is CC(C)c1csc(NS(=O)(=O)c2cc(CO)ccc2F)n1. The Bertz CT molecular complexity index is 742. The molecule has 1 heterocycles. The molecule has 114 valence electrons. The standard InChI is InChI=1S/C13H15FN2O3S2/c1-8(2)11-7-20-13(15-11)16-21(18,19)12-5-9(6-17)3-4-10(12)14/h3-5,7-8,17H,6H2,1-2H3,(H,15,16). The first-order valence-electron chi connectivity index (χ1n) is 6.21. The maximum Gasteiger partial charge on any atom is 0.266 e. The molecule has 0 aliphatic carbocycles. The molecule has 0 amide bonds.